The van der Waals surface area contributed by atoms with Crippen molar-refractivity contribution in [3.63, 3.8) is 0 Å². The number of benzene rings is 2. The number of ketones is 1. The third-order valence-corrected chi connectivity index (χ3v) is 6.55. The first kappa shape index (κ1) is 27.0. The fourth-order valence-corrected chi connectivity index (χ4v) is 4.45. The first-order valence-electron chi connectivity index (χ1n) is 13.3. The first-order valence-corrected chi connectivity index (χ1v) is 13.3. The number of ether oxygens (including phenoxy) is 2. The van der Waals surface area contributed by atoms with Gasteiger partial charge in [0.25, 0.3) is 11.7 Å². The number of carbonyl (C=O) groups is 2. The predicted octanol–water partition coefficient (Wildman–Crippen LogP) is 6.65. The quantitative estimate of drug-likeness (QED) is 0.118. The minimum absolute atomic E-state index is 0.0396. The lowest BCUT2D eigenvalue weighted by Crippen LogP contribution is -2.29. The summed E-state index contributed by atoms with van der Waals surface area (Å²) < 4.78 is 17.0. The molecular weight excluding hydrogens is 482 g/mol. The van der Waals surface area contributed by atoms with Crippen LogP contribution >= 0.6 is 0 Å². The Morgan fingerprint density at radius 2 is 1.50 bits per heavy atom. The third-order valence-electron chi connectivity index (χ3n) is 6.55. The summed E-state index contributed by atoms with van der Waals surface area (Å²) in [4.78, 5) is 27.9. The SMILES string of the molecule is CCCCCOc1ccc([C@@H]2C(=C(O)c3ccc(OCCCC)cc3)C(=O)C(=O)N2Cc2ccco2)cc1. The normalized spacial score (nSPS) is 16.7. The second-order valence-corrected chi connectivity index (χ2v) is 9.36. The number of hydrogen-bond donors (Lipinski definition) is 1. The van der Waals surface area contributed by atoms with Crippen LogP contribution in [0, 0.1) is 0 Å². The van der Waals surface area contributed by atoms with Gasteiger partial charge in [-0.3, -0.25) is 9.59 Å². The molecule has 7 heteroatoms. The molecule has 7 nitrogen and oxygen atoms in total. The van der Waals surface area contributed by atoms with E-state index >= 15 is 0 Å². The molecule has 0 aliphatic carbocycles. The molecule has 4 rings (SSSR count). The molecular formula is C31H35NO6. The number of unbranched alkanes of at least 4 members (excludes halogenated alkanes) is 3. The molecule has 0 bridgehead atoms. The fourth-order valence-electron chi connectivity index (χ4n) is 4.45. The Bertz CT molecular complexity index is 1230. The van der Waals surface area contributed by atoms with Gasteiger partial charge in [0.15, 0.2) is 0 Å². The molecule has 0 radical (unpaired) electrons. The Kier molecular flexibility index (Phi) is 9.25. The van der Waals surface area contributed by atoms with Gasteiger partial charge >= 0.3 is 0 Å². The lowest BCUT2D eigenvalue weighted by Gasteiger charge is -2.24. The van der Waals surface area contributed by atoms with Crippen LogP contribution in [0.3, 0.4) is 0 Å². The van der Waals surface area contributed by atoms with Crippen molar-refractivity contribution in [1.82, 2.24) is 4.90 Å². The van der Waals surface area contributed by atoms with Gasteiger partial charge in [-0.2, -0.15) is 0 Å². The zero-order valence-electron chi connectivity index (χ0n) is 22.0. The van der Waals surface area contributed by atoms with E-state index in [1.165, 1.54) is 11.2 Å². The van der Waals surface area contributed by atoms with Crippen LogP contribution in [0.15, 0.2) is 76.9 Å². The molecule has 3 aromatic rings. The number of aliphatic hydroxyl groups is 1. The van der Waals surface area contributed by atoms with Crippen molar-refractivity contribution < 1.29 is 28.6 Å². The van der Waals surface area contributed by atoms with E-state index in [1.54, 1.807) is 36.4 Å². The van der Waals surface area contributed by atoms with Crippen LogP contribution in [0.25, 0.3) is 5.76 Å². The Labute approximate surface area is 223 Å². The highest BCUT2D eigenvalue weighted by atomic mass is 16.5. The van der Waals surface area contributed by atoms with E-state index in [-0.39, 0.29) is 17.9 Å². The van der Waals surface area contributed by atoms with Crippen LogP contribution in [0.2, 0.25) is 0 Å². The molecule has 1 aliphatic rings. The summed E-state index contributed by atoms with van der Waals surface area (Å²) in [6.45, 7) is 5.57. The van der Waals surface area contributed by atoms with E-state index in [1.807, 2.05) is 24.3 Å². The lowest BCUT2D eigenvalue weighted by molar-refractivity contribution is -0.140. The number of furan rings is 1. The van der Waals surface area contributed by atoms with Crippen LogP contribution in [0.4, 0.5) is 0 Å². The second-order valence-electron chi connectivity index (χ2n) is 9.36. The number of rotatable bonds is 13. The van der Waals surface area contributed by atoms with Crippen molar-refractivity contribution in [2.75, 3.05) is 13.2 Å². The summed E-state index contributed by atoms with van der Waals surface area (Å²) in [6, 6.07) is 16.9. The molecule has 0 unspecified atom stereocenters. The fraction of sp³-hybridized carbons (Fsp3) is 0.355. The maximum Gasteiger partial charge on any atom is 0.296 e. The van der Waals surface area contributed by atoms with E-state index in [0.29, 0.717) is 41.6 Å². The third kappa shape index (κ3) is 6.28. The summed E-state index contributed by atoms with van der Waals surface area (Å²) in [5.74, 6) is 0.289. The number of likely N-dealkylation sites (tertiary alicyclic amines) is 1. The largest absolute Gasteiger partial charge is 0.507 e. The minimum Gasteiger partial charge on any atom is -0.507 e. The van der Waals surface area contributed by atoms with Crippen LogP contribution in [0.5, 0.6) is 11.5 Å². The molecule has 38 heavy (non-hydrogen) atoms. The number of aliphatic hydroxyl groups excluding tert-OH is 1. The zero-order valence-corrected chi connectivity index (χ0v) is 22.0. The number of nitrogens with zero attached hydrogens (tertiary/aromatic N) is 1. The molecule has 1 aliphatic heterocycles. The van der Waals surface area contributed by atoms with E-state index in [9.17, 15) is 14.7 Å². The predicted molar refractivity (Wildman–Crippen MR) is 145 cm³/mol. The second kappa shape index (κ2) is 13.0. The van der Waals surface area contributed by atoms with Crippen LogP contribution in [-0.2, 0) is 16.1 Å². The molecule has 1 aromatic heterocycles. The highest BCUT2D eigenvalue weighted by Gasteiger charge is 2.46. The highest BCUT2D eigenvalue weighted by Crippen LogP contribution is 2.41. The molecule has 1 amide bonds. The van der Waals surface area contributed by atoms with Gasteiger partial charge < -0.3 is 23.9 Å². The Hall–Kier alpha value is -4.00. The van der Waals surface area contributed by atoms with Gasteiger partial charge in [-0.15, -0.1) is 0 Å². The van der Waals surface area contributed by atoms with Crippen LogP contribution in [0.1, 0.15) is 68.9 Å². The smallest absolute Gasteiger partial charge is 0.296 e. The Morgan fingerprint density at radius 3 is 2.11 bits per heavy atom. The summed E-state index contributed by atoms with van der Waals surface area (Å²) in [5, 5.41) is 11.3. The average molecular weight is 518 g/mol. The summed E-state index contributed by atoms with van der Waals surface area (Å²) in [6.07, 6.45) is 6.70. The van der Waals surface area contributed by atoms with E-state index < -0.39 is 17.7 Å². The molecule has 2 aromatic carbocycles. The molecule has 1 saturated heterocycles. The highest BCUT2D eigenvalue weighted by molar-refractivity contribution is 6.46. The number of Topliss-reactive ketones (excluding diaryl/α,β-unsaturated/α-hetero) is 1. The average Bonchev–Trinajstić information content (AvgIpc) is 3.54. The van der Waals surface area contributed by atoms with Crippen molar-refractivity contribution in [1.29, 1.82) is 0 Å². The van der Waals surface area contributed by atoms with Gasteiger partial charge in [-0.05, 0) is 66.9 Å². The van der Waals surface area contributed by atoms with Crippen LogP contribution < -0.4 is 9.47 Å². The van der Waals surface area contributed by atoms with Gasteiger partial charge in [0.1, 0.15) is 23.0 Å². The van der Waals surface area contributed by atoms with Crippen molar-refractivity contribution in [2.45, 2.75) is 58.5 Å². The zero-order chi connectivity index (χ0) is 26.9. The van der Waals surface area contributed by atoms with E-state index in [4.69, 9.17) is 13.9 Å². The van der Waals surface area contributed by atoms with Gasteiger partial charge in [-0.25, -0.2) is 0 Å². The molecule has 2 heterocycles. The summed E-state index contributed by atoms with van der Waals surface area (Å²) in [7, 11) is 0. The summed E-state index contributed by atoms with van der Waals surface area (Å²) in [5.41, 5.74) is 1.17. The van der Waals surface area contributed by atoms with Gasteiger partial charge in [0.2, 0.25) is 0 Å². The van der Waals surface area contributed by atoms with Gasteiger partial charge in [-0.1, -0.05) is 45.2 Å². The topological polar surface area (TPSA) is 89.2 Å². The van der Waals surface area contributed by atoms with Crippen molar-refractivity contribution in [3.8, 4) is 11.5 Å². The summed E-state index contributed by atoms with van der Waals surface area (Å²) >= 11 is 0. The molecule has 1 N–H and O–H groups in total. The molecule has 0 spiro atoms. The Morgan fingerprint density at radius 1 is 0.868 bits per heavy atom. The Balaban J connectivity index is 1.66. The van der Waals surface area contributed by atoms with Crippen molar-refractivity contribution in [3.05, 3.63) is 89.4 Å². The maximum atomic E-state index is 13.3. The monoisotopic (exact) mass is 517 g/mol. The van der Waals surface area contributed by atoms with Crippen molar-refractivity contribution in [2.24, 2.45) is 0 Å². The lowest BCUT2D eigenvalue weighted by atomic mass is 9.95. The minimum atomic E-state index is -0.783. The standard InChI is InChI=1S/C31H35NO6/c1-3-5-7-19-37-24-14-10-22(11-15-24)28-27(30(34)31(35)32(28)21-26-9-8-20-38-26)29(33)23-12-16-25(17-13-23)36-18-6-4-2/h8-17,20,28,33H,3-7,18-19,21H2,1-2H3/t28-/m1/s1. The number of carbonyl (C=O) groups excluding carboxylic acids is 2. The number of hydrogen-bond acceptors (Lipinski definition) is 6. The van der Waals surface area contributed by atoms with Gasteiger partial charge in [0, 0.05) is 5.56 Å². The van der Waals surface area contributed by atoms with Gasteiger partial charge in [0.05, 0.1) is 37.6 Å². The van der Waals surface area contributed by atoms with Crippen molar-refractivity contribution >= 4 is 17.4 Å². The molecule has 1 atom stereocenters. The number of amides is 1. The molecule has 0 saturated carbocycles. The molecule has 1 fully saturated rings. The van der Waals surface area contributed by atoms with E-state index in [0.717, 1.165) is 32.1 Å². The van der Waals surface area contributed by atoms with E-state index in [2.05, 4.69) is 13.8 Å². The van der Waals surface area contributed by atoms with Crippen LogP contribution in [-0.4, -0.2) is 34.9 Å². The first-order chi connectivity index (χ1) is 18.5. The molecule has 200 valence electrons. The maximum absolute atomic E-state index is 13.3.